The van der Waals surface area contributed by atoms with E-state index < -0.39 is 23.5 Å². The second-order valence-corrected chi connectivity index (χ2v) is 9.23. The fourth-order valence-corrected chi connectivity index (χ4v) is 3.52. The molecule has 1 fully saturated rings. The number of alkyl carbamates (subject to hydrolysis) is 1. The summed E-state index contributed by atoms with van der Waals surface area (Å²) in [4.78, 5) is 49.9. The number of carbonyl (C=O) groups is 4. The van der Waals surface area contributed by atoms with Crippen molar-refractivity contribution >= 4 is 47.0 Å². The molecule has 0 radical (unpaired) electrons. The zero-order valence-corrected chi connectivity index (χ0v) is 19.8. The van der Waals surface area contributed by atoms with Crippen molar-refractivity contribution in [3.63, 3.8) is 0 Å². The first-order chi connectivity index (χ1) is 14.9. The van der Waals surface area contributed by atoms with Crippen molar-refractivity contribution in [1.29, 1.82) is 0 Å². The standard InChI is InChI=1S/C21H28Cl2N4O5/c1-21(2,3)32-20(31)26-14-6-8-27(9-7-14)18(29)12-24-17(28)11-25-19(30)15-5-4-13(22)10-16(15)23/h4-5,10,14H,6-9,11-12H2,1-3H3,(H,24,28)(H,25,30)(H,26,31). The fourth-order valence-electron chi connectivity index (χ4n) is 3.03. The Bertz CT molecular complexity index is 864. The van der Waals surface area contributed by atoms with E-state index in [2.05, 4.69) is 16.0 Å². The lowest BCUT2D eigenvalue weighted by Crippen LogP contribution is -2.50. The highest BCUT2D eigenvalue weighted by Gasteiger charge is 2.26. The van der Waals surface area contributed by atoms with E-state index in [1.807, 2.05) is 0 Å². The van der Waals surface area contributed by atoms with Gasteiger partial charge in [-0.2, -0.15) is 0 Å². The number of benzene rings is 1. The van der Waals surface area contributed by atoms with Crippen molar-refractivity contribution in [2.75, 3.05) is 26.2 Å². The van der Waals surface area contributed by atoms with Gasteiger partial charge in [0.2, 0.25) is 11.8 Å². The molecular weight excluding hydrogens is 459 g/mol. The molecule has 4 amide bonds. The smallest absolute Gasteiger partial charge is 0.407 e. The van der Waals surface area contributed by atoms with Crippen LogP contribution in [0.4, 0.5) is 4.79 Å². The van der Waals surface area contributed by atoms with E-state index >= 15 is 0 Å². The molecule has 1 heterocycles. The number of ether oxygens (including phenoxy) is 1. The molecule has 1 saturated heterocycles. The van der Waals surface area contributed by atoms with Gasteiger partial charge in [-0.1, -0.05) is 23.2 Å². The largest absolute Gasteiger partial charge is 0.444 e. The molecule has 0 saturated carbocycles. The summed E-state index contributed by atoms with van der Waals surface area (Å²) in [5.41, 5.74) is -0.373. The van der Waals surface area contributed by atoms with E-state index in [1.54, 1.807) is 25.7 Å². The summed E-state index contributed by atoms with van der Waals surface area (Å²) in [6, 6.07) is 4.34. The van der Waals surface area contributed by atoms with Crippen LogP contribution in [0.2, 0.25) is 10.0 Å². The van der Waals surface area contributed by atoms with Crippen LogP contribution in [0.3, 0.4) is 0 Å². The average molecular weight is 487 g/mol. The van der Waals surface area contributed by atoms with Gasteiger partial charge in [0.05, 0.1) is 23.7 Å². The third-order valence-electron chi connectivity index (χ3n) is 4.59. The summed E-state index contributed by atoms with van der Waals surface area (Å²) >= 11 is 11.8. The van der Waals surface area contributed by atoms with Crippen LogP contribution < -0.4 is 16.0 Å². The lowest BCUT2D eigenvalue weighted by Gasteiger charge is -2.33. The minimum Gasteiger partial charge on any atom is -0.444 e. The lowest BCUT2D eigenvalue weighted by atomic mass is 10.1. The summed E-state index contributed by atoms with van der Waals surface area (Å²) in [7, 11) is 0. The molecule has 2 rings (SSSR count). The summed E-state index contributed by atoms with van der Waals surface area (Å²) in [5.74, 6) is -1.26. The van der Waals surface area contributed by atoms with E-state index in [-0.39, 0.29) is 35.6 Å². The van der Waals surface area contributed by atoms with Crippen molar-refractivity contribution < 1.29 is 23.9 Å². The van der Waals surface area contributed by atoms with Gasteiger partial charge in [-0.05, 0) is 51.8 Å². The number of rotatable bonds is 6. The summed E-state index contributed by atoms with van der Waals surface area (Å²) < 4.78 is 5.24. The number of hydrogen-bond donors (Lipinski definition) is 3. The van der Waals surface area contributed by atoms with E-state index in [0.717, 1.165) is 0 Å². The Hall–Kier alpha value is -2.52. The van der Waals surface area contributed by atoms with Crippen LogP contribution in [0.1, 0.15) is 44.0 Å². The Labute approximate surface area is 197 Å². The molecule has 9 nitrogen and oxygen atoms in total. The molecule has 1 aromatic carbocycles. The Morgan fingerprint density at radius 2 is 1.72 bits per heavy atom. The molecule has 0 spiro atoms. The van der Waals surface area contributed by atoms with Gasteiger partial charge in [-0.3, -0.25) is 14.4 Å². The van der Waals surface area contributed by atoms with Gasteiger partial charge in [0.1, 0.15) is 5.60 Å². The van der Waals surface area contributed by atoms with Gasteiger partial charge >= 0.3 is 6.09 Å². The van der Waals surface area contributed by atoms with Crippen LogP contribution in [0.15, 0.2) is 18.2 Å². The Kier molecular flexibility index (Phi) is 9.15. The van der Waals surface area contributed by atoms with Crippen molar-refractivity contribution in [2.24, 2.45) is 0 Å². The molecule has 1 aliphatic heterocycles. The van der Waals surface area contributed by atoms with Crippen molar-refractivity contribution in [1.82, 2.24) is 20.9 Å². The molecule has 0 aromatic heterocycles. The van der Waals surface area contributed by atoms with Crippen molar-refractivity contribution in [2.45, 2.75) is 45.3 Å². The molecule has 1 aromatic rings. The number of halogens is 2. The van der Waals surface area contributed by atoms with Gasteiger partial charge < -0.3 is 25.6 Å². The number of nitrogens with zero attached hydrogens (tertiary/aromatic N) is 1. The van der Waals surface area contributed by atoms with Gasteiger partial charge in [0.15, 0.2) is 0 Å². The number of nitrogens with one attached hydrogen (secondary N) is 3. The summed E-state index contributed by atoms with van der Waals surface area (Å²) in [6.45, 7) is 5.82. The first-order valence-corrected chi connectivity index (χ1v) is 11.0. The highest BCUT2D eigenvalue weighted by molar-refractivity contribution is 6.36. The van der Waals surface area contributed by atoms with Gasteiger partial charge in [-0.15, -0.1) is 0 Å². The zero-order chi connectivity index (χ0) is 23.9. The van der Waals surface area contributed by atoms with Crippen molar-refractivity contribution in [3.05, 3.63) is 33.8 Å². The SMILES string of the molecule is CC(C)(C)OC(=O)NC1CCN(C(=O)CNC(=O)CNC(=O)c2ccc(Cl)cc2Cl)CC1. The predicted molar refractivity (Wildman–Crippen MR) is 121 cm³/mol. The highest BCUT2D eigenvalue weighted by atomic mass is 35.5. The molecule has 1 aliphatic rings. The number of carbonyl (C=O) groups excluding carboxylic acids is 4. The third kappa shape index (κ3) is 8.55. The highest BCUT2D eigenvalue weighted by Crippen LogP contribution is 2.20. The minimum atomic E-state index is -0.570. The summed E-state index contributed by atoms with van der Waals surface area (Å²) in [6.07, 6.45) is 0.713. The molecule has 0 atom stereocenters. The first-order valence-electron chi connectivity index (χ1n) is 10.2. The fraction of sp³-hybridized carbons (Fsp3) is 0.524. The topological polar surface area (TPSA) is 117 Å². The molecule has 0 bridgehead atoms. The molecule has 11 heteroatoms. The second-order valence-electron chi connectivity index (χ2n) is 8.38. The predicted octanol–water partition coefficient (Wildman–Crippen LogP) is 2.36. The molecular formula is C21H28Cl2N4O5. The van der Waals surface area contributed by atoms with E-state index in [1.165, 1.54) is 18.2 Å². The maximum atomic E-state index is 12.3. The van der Waals surface area contributed by atoms with Gasteiger partial charge in [0, 0.05) is 24.2 Å². The first kappa shape index (κ1) is 25.7. The Morgan fingerprint density at radius 1 is 1.06 bits per heavy atom. The van der Waals surface area contributed by atoms with E-state index in [9.17, 15) is 19.2 Å². The zero-order valence-electron chi connectivity index (χ0n) is 18.3. The molecule has 176 valence electrons. The molecule has 32 heavy (non-hydrogen) atoms. The van der Waals surface area contributed by atoms with Crippen LogP contribution in [0.5, 0.6) is 0 Å². The van der Waals surface area contributed by atoms with Crippen LogP contribution in [0.25, 0.3) is 0 Å². The maximum Gasteiger partial charge on any atom is 0.407 e. The molecule has 0 unspecified atom stereocenters. The molecule has 0 aliphatic carbocycles. The Balaban J connectivity index is 1.68. The quantitative estimate of drug-likeness (QED) is 0.570. The Morgan fingerprint density at radius 3 is 2.31 bits per heavy atom. The number of amides is 4. The van der Waals surface area contributed by atoms with Gasteiger partial charge in [0.25, 0.3) is 5.91 Å². The number of piperidine rings is 1. The lowest BCUT2D eigenvalue weighted by molar-refractivity contribution is -0.133. The van der Waals surface area contributed by atoms with E-state index in [0.29, 0.717) is 31.0 Å². The monoisotopic (exact) mass is 486 g/mol. The van der Waals surface area contributed by atoms with E-state index in [4.69, 9.17) is 27.9 Å². The maximum absolute atomic E-state index is 12.3. The number of likely N-dealkylation sites (tertiary alicyclic amines) is 1. The minimum absolute atomic E-state index is 0.0709. The normalized spacial score (nSPS) is 14.5. The van der Waals surface area contributed by atoms with Crippen LogP contribution in [-0.2, 0) is 14.3 Å². The second kappa shape index (κ2) is 11.4. The van der Waals surface area contributed by atoms with Gasteiger partial charge in [-0.25, -0.2) is 4.79 Å². The number of hydrogen-bond acceptors (Lipinski definition) is 5. The van der Waals surface area contributed by atoms with Crippen LogP contribution in [0, 0.1) is 0 Å². The average Bonchev–Trinajstić information content (AvgIpc) is 2.69. The van der Waals surface area contributed by atoms with Crippen LogP contribution in [-0.4, -0.2) is 66.5 Å². The van der Waals surface area contributed by atoms with Crippen LogP contribution >= 0.6 is 23.2 Å². The summed E-state index contributed by atoms with van der Waals surface area (Å²) in [5, 5.41) is 8.32. The third-order valence-corrected chi connectivity index (χ3v) is 5.14. The molecule has 3 N–H and O–H groups in total. The van der Waals surface area contributed by atoms with Crippen molar-refractivity contribution in [3.8, 4) is 0 Å².